The van der Waals surface area contributed by atoms with Gasteiger partial charge in [0.25, 0.3) is 0 Å². The van der Waals surface area contributed by atoms with Gasteiger partial charge >= 0.3 is 6.03 Å². The van der Waals surface area contributed by atoms with E-state index < -0.39 is 0 Å². The van der Waals surface area contributed by atoms with E-state index in [1.165, 1.54) is 12.8 Å². The average Bonchev–Trinajstić information content (AvgIpc) is 3.07. The number of hydrogen-bond acceptors (Lipinski definition) is 3. The first-order valence-corrected chi connectivity index (χ1v) is 7.19. The van der Waals surface area contributed by atoms with Gasteiger partial charge in [-0.1, -0.05) is 18.9 Å². The van der Waals surface area contributed by atoms with E-state index in [4.69, 9.17) is 9.47 Å². The summed E-state index contributed by atoms with van der Waals surface area (Å²) in [7, 11) is 0. The van der Waals surface area contributed by atoms with Crippen LogP contribution in [0.2, 0.25) is 0 Å². The Morgan fingerprint density at radius 3 is 2.80 bits per heavy atom. The molecule has 1 aliphatic heterocycles. The van der Waals surface area contributed by atoms with Crippen molar-refractivity contribution in [3.05, 3.63) is 23.8 Å². The first kappa shape index (κ1) is 13.1. The van der Waals surface area contributed by atoms with Gasteiger partial charge in [0.15, 0.2) is 11.5 Å². The number of urea groups is 1. The molecule has 1 unspecified atom stereocenters. The van der Waals surface area contributed by atoms with E-state index in [9.17, 15) is 4.79 Å². The minimum Gasteiger partial charge on any atom is -0.454 e. The third kappa shape index (κ3) is 2.81. The zero-order valence-electron chi connectivity index (χ0n) is 11.6. The van der Waals surface area contributed by atoms with E-state index in [0.717, 1.165) is 29.9 Å². The zero-order chi connectivity index (χ0) is 13.9. The van der Waals surface area contributed by atoms with Gasteiger partial charge in [-0.2, -0.15) is 0 Å². The molecule has 2 N–H and O–H groups in total. The summed E-state index contributed by atoms with van der Waals surface area (Å²) in [5.41, 5.74) is 1.01. The number of hydrogen-bond donors (Lipinski definition) is 2. The van der Waals surface area contributed by atoms with Gasteiger partial charge < -0.3 is 20.1 Å². The molecule has 0 spiro atoms. The summed E-state index contributed by atoms with van der Waals surface area (Å²) in [5.74, 6) is 1.50. The summed E-state index contributed by atoms with van der Waals surface area (Å²) in [6.07, 6.45) is 4.60. The summed E-state index contributed by atoms with van der Waals surface area (Å²) >= 11 is 0. The van der Waals surface area contributed by atoms with Gasteiger partial charge in [0.1, 0.15) is 0 Å². The van der Waals surface area contributed by atoms with Gasteiger partial charge in [-0.05, 0) is 37.5 Å². The predicted octanol–water partition coefficient (Wildman–Crippen LogP) is 2.72. The largest absolute Gasteiger partial charge is 0.454 e. The Balaban J connectivity index is 1.58. The fourth-order valence-electron chi connectivity index (χ4n) is 2.76. The Bertz CT molecular complexity index is 498. The van der Waals surface area contributed by atoms with Crippen LogP contribution in [0.5, 0.6) is 11.5 Å². The minimum absolute atomic E-state index is 0.0640. The molecular formula is C15H20N2O3. The Morgan fingerprint density at radius 1 is 1.25 bits per heavy atom. The Labute approximate surface area is 118 Å². The molecule has 1 aliphatic carbocycles. The molecule has 0 aromatic heterocycles. The van der Waals surface area contributed by atoms with Gasteiger partial charge in [0, 0.05) is 6.04 Å². The standard InChI is InChI=1S/C15H20N2O3/c1-10(16-15(18)17-12-4-2-3-5-12)11-6-7-13-14(8-11)20-9-19-13/h6-8,10,12H,2-5,9H2,1H3,(H2,16,17,18). The Morgan fingerprint density at radius 2 is 2.00 bits per heavy atom. The molecule has 20 heavy (non-hydrogen) atoms. The lowest BCUT2D eigenvalue weighted by Crippen LogP contribution is -2.41. The first-order chi connectivity index (χ1) is 9.72. The van der Waals surface area contributed by atoms with Crippen molar-refractivity contribution in [2.45, 2.75) is 44.7 Å². The number of carbonyl (C=O) groups excluding carboxylic acids is 1. The predicted molar refractivity (Wildman–Crippen MR) is 74.9 cm³/mol. The molecule has 3 rings (SSSR count). The van der Waals surface area contributed by atoms with Crippen molar-refractivity contribution >= 4 is 6.03 Å². The summed E-state index contributed by atoms with van der Waals surface area (Å²) in [6.45, 7) is 2.23. The van der Waals surface area contributed by atoms with Gasteiger partial charge in [-0.3, -0.25) is 0 Å². The number of fused-ring (bicyclic) bond motifs is 1. The minimum atomic E-state index is -0.0953. The van der Waals surface area contributed by atoms with Crippen LogP contribution in [-0.4, -0.2) is 18.9 Å². The van der Waals surface area contributed by atoms with Gasteiger partial charge in [0.05, 0.1) is 6.04 Å². The maximum Gasteiger partial charge on any atom is 0.315 e. The molecule has 1 aromatic carbocycles. The van der Waals surface area contributed by atoms with E-state index in [0.29, 0.717) is 6.04 Å². The number of amides is 2. The molecule has 1 fully saturated rings. The van der Waals surface area contributed by atoms with Crippen molar-refractivity contribution in [2.75, 3.05) is 6.79 Å². The summed E-state index contributed by atoms with van der Waals surface area (Å²) < 4.78 is 10.6. The van der Waals surface area contributed by atoms with Crippen molar-refractivity contribution in [1.29, 1.82) is 0 Å². The van der Waals surface area contributed by atoms with E-state index >= 15 is 0 Å². The molecule has 0 saturated heterocycles. The van der Waals surface area contributed by atoms with Crippen LogP contribution in [0.15, 0.2) is 18.2 Å². The zero-order valence-corrected chi connectivity index (χ0v) is 11.6. The molecule has 2 amide bonds. The molecule has 2 aliphatic rings. The number of rotatable bonds is 3. The average molecular weight is 276 g/mol. The fourth-order valence-corrected chi connectivity index (χ4v) is 2.76. The highest BCUT2D eigenvalue weighted by Gasteiger charge is 2.19. The van der Waals surface area contributed by atoms with Crippen LogP contribution >= 0.6 is 0 Å². The molecule has 5 heteroatoms. The topological polar surface area (TPSA) is 59.6 Å². The second-order valence-electron chi connectivity index (χ2n) is 5.43. The van der Waals surface area contributed by atoms with E-state index in [1.54, 1.807) is 0 Å². The van der Waals surface area contributed by atoms with Crippen molar-refractivity contribution in [3.63, 3.8) is 0 Å². The van der Waals surface area contributed by atoms with Crippen molar-refractivity contribution in [3.8, 4) is 11.5 Å². The highest BCUT2D eigenvalue weighted by molar-refractivity contribution is 5.74. The first-order valence-electron chi connectivity index (χ1n) is 7.19. The maximum absolute atomic E-state index is 11.9. The van der Waals surface area contributed by atoms with Crippen molar-refractivity contribution < 1.29 is 14.3 Å². The van der Waals surface area contributed by atoms with Crippen LogP contribution in [0, 0.1) is 0 Å². The smallest absolute Gasteiger partial charge is 0.315 e. The summed E-state index contributed by atoms with van der Waals surface area (Å²) in [4.78, 5) is 11.9. The second kappa shape index (κ2) is 5.61. The Kier molecular flexibility index (Phi) is 3.67. The number of benzene rings is 1. The molecule has 1 heterocycles. The molecule has 1 atom stereocenters. The van der Waals surface area contributed by atoms with Crippen LogP contribution in [0.3, 0.4) is 0 Å². The lowest BCUT2D eigenvalue weighted by molar-refractivity contribution is 0.174. The molecule has 0 bridgehead atoms. The van der Waals surface area contributed by atoms with Crippen LogP contribution in [0.4, 0.5) is 4.79 Å². The van der Waals surface area contributed by atoms with Gasteiger partial charge in [-0.15, -0.1) is 0 Å². The summed E-state index contributed by atoms with van der Waals surface area (Å²) in [5, 5.41) is 5.99. The number of ether oxygens (including phenoxy) is 2. The second-order valence-corrected chi connectivity index (χ2v) is 5.43. The molecule has 5 nitrogen and oxygen atoms in total. The monoisotopic (exact) mass is 276 g/mol. The normalized spacial score (nSPS) is 18.9. The summed E-state index contributed by atoms with van der Waals surface area (Å²) in [6, 6.07) is 5.92. The molecule has 1 saturated carbocycles. The SMILES string of the molecule is CC(NC(=O)NC1CCCC1)c1ccc2c(c1)OCO2. The van der Waals surface area contributed by atoms with Gasteiger partial charge in [0.2, 0.25) is 6.79 Å². The van der Waals surface area contributed by atoms with Crippen LogP contribution in [0.1, 0.15) is 44.2 Å². The van der Waals surface area contributed by atoms with Crippen molar-refractivity contribution in [1.82, 2.24) is 10.6 Å². The molecule has 0 radical (unpaired) electrons. The highest BCUT2D eigenvalue weighted by atomic mass is 16.7. The molecule has 108 valence electrons. The van der Waals surface area contributed by atoms with Crippen LogP contribution in [-0.2, 0) is 0 Å². The van der Waals surface area contributed by atoms with Gasteiger partial charge in [-0.25, -0.2) is 4.79 Å². The highest BCUT2D eigenvalue weighted by Crippen LogP contribution is 2.34. The van der Waals surface area contributed by atoms with Crippen LogP contribution in [0.25, 0.3) is 0 Å². The quantitative estimate of drug-likeness (QED) is 0.892. The van der Waals surface area contributed by atoms with E-state index in [2.05, 4.69) is 10.6 Å². The molecule has 1 aromatic rings. The van der Waals surface area contributed by atoms with E-state index in [1.807, 2.05) is 25.1 Å². The molecular weight excluding hydrogens is 256 g/mol. The number of nitrogens with one attached hydrogen (secondary N) is 2. The Hall–Kier alpha value is -1.91. The maximum atomic E-state index is 11.9. The lowest BCUT2D eigenvalue weighted by Gasteiger charge is -2.18. The third-order valence-electron chi connectivity index (χ3n) is 3.93. The van der Waals surface area contributed by atoms with Crippen molar-refractivity contribution in [2.24, 2.45) is 0 Å². The van der Waals surface area contributed by atoms with E-state index in [-0.39, 0.29) is 18.9 Å². The number of carbonyl (C=O) groups is 1. The fraction of sp³-hybridized carbons (Fsp3) is 0.533. The van der Waals surface area contributed by atoms with Crippen LogP contribution < -0.4 is 20.1 Å². The lowest BCUT2D eigenvalue weighted by atomic mass is 10.1. The third-order valence-corrected chi connectivity index (χ3v) is 3.93.